The molecule has 0 saturated heterocycles. The standard InChI is InChI=1S/C36H30N8O4S3/c1-35(2,3)47-33(45)43-25(19-9-7-11-23-29(19)39-49-37-23)15-17-27(43)21-13-14-22(32-31(21)41-51-42-32)28-18-16-26(44(28)34(46)48-36(4,5)6)20-10-8-12-24-30(20)40-50-38-24/h7-18H,1-6H3. The Balaban J connectivity index is 1.32. The van der Waals surface area contributed by atoms with Gasteiger partial charge in [0.2, 0.25) is 0 Å². The number of carbonyl (C=O) groups is 2. The molecule has 8 rings (SSSR count). The van der Waals surface area contributed by atoms with Gasteiger partial charge in [-0.3, -0.25) is 0 Å². The van der Waals surface area contributed by atoms with Gasteiger partial charge in [-0.2, -0.15) is 26.2 Å². The molecule has 0 aliphatic carbocycles. The van der Waals surface area contributed by atoms with Crippen LogP contribution in [0.5, 0.6) is 0 Å². The lowest BCUT2D eigenvalue weighted by atomic mass is 10.0. The Morgan fingerprint density at radius 2 is 0.804 bits per heavy atom. The molecule has 0 aliphatic heterocycles. The number of aromatic nitrogens is 8. The summed E-state index contributed by atoms with van der Waals surface area (Å²) in [6.07, 6.45) is -1.10. The summed E-state index contributed by atoms with van der Waals surface area (Å²) in [5.74, 6) is 0. The molecule has 5 aromatic heterocycles. The highest BCUT2D eigenvalue weighted by Gasteiger charge is 2.29. The highest BCUT2D eigenvalue weighted by Crippen LogP contribution is 2.41. The molecule has 12 nitrogen and oxygen atoms in total. The molecule has 0 spiro atoms. The third-order valence-corrected chi connectivity index (χ3v) is 9.62. The van der Waals surface area contributed by atoms with Crippen molar-refractivity contribution in [3.8, 4) is 45.0 Å². The van der Waals surface area contributed by atoms with Gasteiger partial charge >= 0.3 is 12.2 Å². The predicted molar refractivity (Wildman–Crippen MR) is 200 cm³/mol. The van der Waals surface area contributed by atoms with Crippen LogP contribution in [0.15, 0.2) is 72.8 Å². The van der Waals surface area contributed by atoms with Crippen LogP contribution in [0.3, 0.4) is 0 Å². The summed E-state index contributed by atoms with van der Waals surface area (Å²) < 4.78 is 42.2. The average molecular weight is 735 g/mol. The molecule has 0 bridgehead atoms. The lowest BCUT2D eigenvalue weighted by Crippen LogP contribution is -2.28. The van der Waals surface area contributed by atoms with Crippen molar-refractivity contribution >= 4 is 80.5 Å². The fraction of sp³-hybridized carbons (Fsp3) is 0.222. The second-order valence-electron chi connectivity index (χ2n) is 13.8. The van der Waals surface area contributed by atoms with E-state index in [4.69, 9.17) is 18.2 Å². The number of rotatable bonds is 4. The van der Waals surface area contributed by atoms with Gasteiger partial charge in [-0.1, -0.05) is 24.3 Å². The minimum absolute atomic E-state index is 0.549. The number of hydrogen-bond acceptors (Lipinski definition) is 13. The maximum Gasteiger partial charge on any atom is 0.419 e. The van der Waals surface area contributed by atoms with E-state index < -0.39 is 23.4 Å². The van der Waals surface area contributed by atoms with Crippen molar-refractivity contribution < 1.29 is 19.1 Å². The van der Waals surface area contributed by atoms with Gasteiger partial charge < -0.3 is 9.47 Å². The monoisotopic (exact) mass is 734 g/mol. The van der Waals surface area contributed by atoms with Crippen LogP contribution >= 0.6 is 35.2 Å². The maximum absolute atomic E-state index is 14.0. The number of carbonyl (C=O) groups excluding carboxylic acids is 2. The first-order valence-electron chi connectivity index (χ1n) is 16.0. The highest BCUT2D eigenvalue weighted by atomic mass is 32.1. The van der Waals surface area contributed by atoms with E-state index in [-0.39, 0.29) is 0 Å². The van der Waals surface area contributed by atoms with Crippen molar-refractivity contribution in [3.63, 3.8) is 0 Å². The molecule has 256 valence electrons. The summed E-state index contributed by atoms with van der Waals surface area (Å²) in [4.78, 5) is 28.0. The molecule has 8 aromatic rings. The Kier molecular flexibility index (Phi) is 7.81. The molecule has 3 aromatic carbocycles. The summed E-state index contributed by atoms with van der Waals surface area (Å²) in [7, 11) is 0. The Morgan fingerprint density at radius 3 is 1.18 bits per heavy atom. The molecule has 0 amide bonds. The lowest BCUT2D eigenvalue weighted by molar-refractivity contribution is 0.0531. The zero-order valence-electron chi connectivity index (χ0n) is 28.4. The van der Waals surface area contributed by atoms with Crippen LogP contribution in [0.25, 0.3) is 78.1 Å². The third kappa shape index (κ3) is 5.86. The Hall–Kier alpha value is -5.38. The minimum atomic E-state index is -0.755. The molecular formula is C36H30N8O4S3. The predicted octanol–water partition coefficient (Wildman–Crippen LogP) is 9.54. The summed E-state index contributed by atoms with van der Waals surface area (Å²) in [5.41, 5.74) is 7.62. The Morgan fingerprint density at radius 1 is 0.471 bits per heavy atom. The minimum Gasteiger partial charge on any atom is -0.443 e. The topological polar surface area (TPSA) is 140 Å². The van der Waals surface area contributed by atoms with Crippen molar-refractivity contribution in [2.45, 2.75) is 52.7 Å². The molecule has 51 heavy (non-hydrogen) atoms. The van der Waals surface area contributed by atoms with Crippen LogP contribution in [-0.4, -0.2) is 58.8 Å². The molecule has 0 radical (unpaired) electrons. The number of hydrogen-bond donors (Lipinski definition) is 0. The van der Waals surface area contributed by atoms with Gasteiger partial charge in [0.15, 0.2) is 0 Å². The molecule has 0 fully saturated rings. The lowest BCUT2D eigenvalue weighted by Gasteiger charge is -2.22. The maximum atomic E-state index is 14.0. The van der Waals surface area contributed by atoms with Gasteiger partial charge in [-0.25, -0.2) is 18.7 Å². The first kappa shape index (κ1) is 32.8. The van der Waals surface area contributed by atoms with E-state index in [2.05, 4.69) is 17.5 Å². The van der Waals surface area contributed by atoms with E-state index in [1.54, 1.807) is 9.13 Å². The van der Waals surface area contributed by atoms with Crippen molar-refractivity contribution in [2.75, 3.05) is 0 Å². The molecule has 0 atom stereocenters. The van der Waals surface area contributed by atoms with Gasteiger partial charge in [0.25, 0.3) is 0 Å². The molecule has 0 saturated carbocycles. The first-order chi connectivity index (χ1) is 24.4. The Bertz CT molecular complexity index is 2460. The van der Waals surface area contributed by atoms with E-state index in [9.17, 15) is 9.59 Å². The number of nitrogens with zero attached hydrogens (tertiary/aromatic N) is 8. The molecule has 0 aliphatic rings. The van der Waals surface area contributed by atoms with Gasteiger partial charge in [0.05, 0.1) is 58.0 Å². The van der Waals surface area contributed by atoms with Crippen LogP contribution < -0.4 is 0 Å². The van der Waals surface area contributed by atoms with E-state index >= 15 is 0 Å². The van der Waals surface area contributed by atoms with Crippen molar-refractivity contribution in [1.29, 1.82) is 0 Å². The summed E-state index contributed by atoms with van der Waals surface area (Å²) >= 11 is 3.28. The largest absolute Gasteiger partial charge is 0.443 e. The van der Waals surface area contributed by atoms with Crippen molar-refractivity contribution in [1.82, 2.24) is 35.4 Å². The molecule has 15 heteroatoms. The zero-order chi connectivity index (χ0) is 35.7. The van der Waals surface area contributed by atoms with Crippen LogP contribution in [0, 0.1) is 0 Å². The number of benzene rings is 3. The van der Waals surface area contributed by atoms with E-state index in [1.807, 2.05) is 114 Å². The fourth-order valence-electron chi connectivity index (χ4n) is 6.03. The van der Waals surface area contributed by atoms with Crippen LogP contribution in [0.2, 0.25) is 0 Å². The Labute approximate surface area is 304 Å². The SMILES string of the molecule is CC(C)(C)OC(=O)n1c(-c2cccc3nsnc23)ccc1-c1ccc(-c2ccc(-c3cccc4nsnc34)n2C(=O)OC(C)(C)C)c2nsnc12. The second-order valence-corrected chi connectivity index (χ2v) is 15.4. The molecule has 0 unspecified atom stereocenters. The quantitative estimate of drug-likeness (QED) is 0.172. The zero-order valence-corrected chi connectivity index (χ0v) is 30.8. The van der Waals surface area contributed by atoms with Crippen LogP contribution in [0.1, 0.15) is 41.5 Å². The van der Waals surface area contributed by atoms with Gasteiger partial charge in [-0.15, -0.1) is 0 Å². The smallest absolute Gasteiger partial charge is 0.419 e. The molecule has 5 heterocycles. The summed E-state index contributed by atoms with van der Waals surface area (Å²) in [6.45, 7) is 11.0. The summed E-state index contributed by atoms with van der Waals surface area (Å²) in [5, 5.41) is 0. The normalized spacial score (nSPS) is 12.3. The third-order valence-electron chi connectivity index (χ3n) is 8.01. The van der Waals surface area contributed by atoms with Gasteiger partial charge in [0.1, 0.15) is 44.3 Å². The van der Waals surface area contributed by atoms with Crippen LogP contribution in [0.4, 0.5) is 9.59 Å². The van der Waals surface area contributed by atoms with Gasteiger partial charge in [-0.05, 0) is 90.1 Å². The van der Waals surface area contributed by atoms with E-state index in [0.29, 0.717) is 56.0 Å². The van der Waals surface area contributed by atoms with E-state index in [1.165, 1.54) is 0 Å². The average Bonchev–Trinajstić information content (AvgIpc) is 3.90. The molecule has 0 N–H and O–H groups in total. The fourth-order valence-corrected chi connectivity index (χ4v) is 7.70. The number of ether oxygens (including phenoxy) is 2. The van der Waals surface area contributed by atoms with Gasteiger partial charge in [0, 0.05) is 22.3 Å². The summed E-state index contributed by atoms with van der Waals surface area (Å²) in [6, 6.07) is 22.7. The van der Waals surface area contributed by atoms with E-state index in [0.717, 1.165) is 57.3 Å². The second kappa shape index (κ2) is 12.1. The van der Waals surface area contributed by atoms with Crippen LogP contribution in [-0.2, 0) is 9.47 Å². The molecular weight excluding hydrogens is 705 g/mol. The highest BCUT2D eigenvalue weighted by molar-refractivity contribution is 7.00. The van der Waals surface area contributed by atoms with Crippen molar-refractivity contribution in [2.24, 2.45) is 0 Å². The van der Waals surface area contributed by atoms with Crippen molar-refractivity contribution in [3.05, 3.63) is 72.8 Å². The first-order valence-corrected chi connectivity index (χ1v) is 18.2. The number of fused-ring (bicyclic) bond motifs is 3.